The topological polar surface area (TPSA) is 70.0 Å². The summed E-state index contributed by atoms with van der Waals surface area (Å²) in [6.45, 7) is 0. The molecule has 2 atom stereocenters. The van der Waals surface area contributed by atoms with Gasteiger partial charge in [0.25, 0.3) is 0 Å². The molecule has 0 heterocycles. The predicted molar refractivity (Wildman–Crippen MR) is 78.9 cm³/mol. The molecule has 1 N–H and O–H groups in total. The Balaban J connectivity index is 2.26. The zero-order valence-corrected chi connectivity index (χ0v) is 13.9. The summed E-state index contributed by atoms with van der Waals surface area (Å²) in [6, 6.07) is 6.78. The average molecular weight is 408 g/mol. The minimum Gasteiger partial charge on any atom is -0.207 e. The Kier molecular flexibility index (Phi) is 4.66. The van der Waals surface area contributed by atoms with Crippen molar-refractivity contribution in [1.29, 1.82) is 5.26 Å². The minimum absolute atomic E-state index is 0.194. The van der Waals surface area contributed by atoms with E-state index in [1.807, 2.05) is 0 Å². The van der Waals surface area contributed by atoms with Crippen LogP contribution in [0.15, 0.2) is 32.0 Å². The van der Waals surface area contributed by atoms with Crippen LogP contribution in [0.3, 0.4) is 0 Å². The van der Waals surface area contributed by atoms with Gasteiger partial charge in [-0.1, -0.05) is 22.4 Å². The fourth-order valence-electron chi connectivity index (χ4n) is 2.21. The number of rotatable bonds is 3. The van der Waals surface area contributed by atoms with Gasteiger partial charge in [-0.2, -0.15) is 5.26 Å². The van der Waals surface area contributed by atoms with Crippen molar-refractivity contribution >= 4 is 41.9 Å². The zero-order valence-electron chi connectivity index (χ0n) is 9.94. The summed E-state index contributed by atoms with van der Waals surface area (Å²) in [5.41, 5.74) is 0. The Labute approximate surface area is 129 Å². The Morgan fingerprint density at radius 1 is 1.32 bits per heavy atom. The standard InChI is InChI=1S/C12H12Br2N2O2S/c13-9-4-5-12(10(14)6-9)19(17,18)16-11-3-1-2-8(11)7-15/h4-6,8,11,16H,1-3H2. The molecule has 0 bridgehead atoms. The number of hydrogen-bond acceptors (Lipinski definition) is 3. The molecule has 1 aromatic rings. The number of sulfonamides is 1. The van der Waals surface area contributed by atoms with Crippen molar-refractivity contribution in [1.82, 2.24) is 4.72 Å². The Morgan fingerprint density at radius 2 is 2.05 bits per heavy atom. The zero-order chi connectivity index (χ0) is 14.0. The lowest BCUT2D eigenvalue weighted by atomic mass is 10.1. The first-order valence-electron chi connectivity index (χ1n) is 5.81. The molecule has 19 heavy (non-hydrogen) atoms. The molecule has 0 saturated heterocycles. The van der Waals surface area contributed by atoms with E-state index in [0.29, 0.717) is 10.9 Å². The largest absolute Gasteiger partial charge is 0.241 e. The van der Waals surface area contributed by atoms with Gasteiger partial charge in [0.05, 0.1) is 16.9 Å². The Bertz CT molecular complexity index is 625. The van der Waals surface area contributed by atoms with Crippen LogP contribution in [0.5, 0.6) is 0 Å². The molecule has 4 nitrogen and oxygen atoms in total. The summed E-state index contributed by atoms with van der Waals surface area (Å²) in [6.07, 6.45) is 2.35. The summed E-state index contributed by atoms with van der Waals surface area (Å²) < 4.78 is 28.6. The van der Waals surface area contributed by atoms with Crippen molar-refractivity contribution in [3.63, 3.8) is 0 Å². The van der Waals surface area contributed by atoms with Crippen molar-refractivity contribution in [3.8, 4) is 6.07 Å². The first kappa shape index (κ1) is 15.0. The second kappa shape index (κ2) is 5.92. The molecule has 2 unspecified atom stereocenters. The molecule has 1 fully saturated rings. The maximum Gasteiger partial charge on any atom is 0.241 e. The third kappa shape index (κ3) is 3.37. The Morgan fingerprint density at radius 3 is 2.68 bits per heavy atom. The van der Waals surface area contributed by atoms with Crippen LogP contribution < -0.4 is 4.72 Å². The van der Waals surface area contributed by atoms with Gasteiger partial charge in [0.1, 0.15) is 0 Å². The second-order valence-corrected chi connectivity index (χ2v) is 7.92. The van der Waals surface area contributed by atoms with Crippen LogP contribution in [0.2, 0.25) is 0 Å². The van der Waals surface area contributed by atoms with Gasteiger partial charge in [-0.3, -0.25) is 0 Å². The van der Waals surface area contributed by atoms with E-state index < -0.39 is 10.0 Å². The van der Waals surface area contributed by atoms with Crippen LogP contribution in [0.25, 0.3) is 0 Å². The lowest BCUT2D eigenvalue weighted by molar-refractivity contribution is 0.515. The summed E-state index contributed by atoms with van der Waals surface area (Å²) in [7, 11) is -3.60. The maximum absolute atomic E-state index is 12.3. The van der Waals surface area contributed by atoms with Crippen molar-refractivity contribution in [2.45, 2.75) is 30.2 Å². The van der Waals surface area contributed by atoms with Crippen molar-refractivity contribution in [2.24, 2.45) is 5.92 Å². The maximum atomic E-state index is 12.3. The molecule has 1 aliphatic rings. The van der Waals surface area contributed by atoms with E-state index in [1.54, 1.807) is 12.1 Å². The van der Waals surface area contributed by atoms with E-state index in [1.165, 1.54) is 6.07 Å². The Hall–Kier alpha value is -0.420. The molecule has 0 amide bonds. The number of nitrogens with zero attached hydrogens (tertiary/aromatic N) is 1. The van der Waals surface area contributed by atoms with Crippen LogP contribution in [0.1, 0.15) is 19.3 Å². The number of nitriles is 1. The summed E-state index contributed by atoms with van der Waals surface area (Å²) >= 11 is 6.53. The smallest absolute Gasteiger partial charge is 0.207 e. The van der Waals surface area contributed by atoms with Crippen molar-refractivity contribution < 1.29 is 8.42 Å². The lowest BCUT2D eigenvalue weighted by Gasteiger charge is -2.16. The molecule has 0 aromatic heterocycles. The molecule has 1 saturated carbocycles. The molecule has 102 valence electrons. The highest BCUT2D eigenvalue weighted by Gasteiger charge is 2.31. The molecule has 2 rings (SSSR count). The molecule has 1 aromatic carbocycles. The second-order valence-electron chi connectivity index (χ2n) is 4.47. The number of benzene rings is 1. The molecule has 0 aliphatic heterocycles. The van der Waals surface area contributed by atoms with Crippen LogP contribution in [0.4, 0.5) is 0 Å². The van der Waals surface area contributed by atoms with Gasteiger partial charge < -0.3 is 0 Å². The first-order chi connectivity index (χ1) is 8.94. The van der Waals surface area contributed by atoms with E-state index in [2.05, 4.69) is 42.7 Å². The summed E-state index contributed by atoms with van der Waals surface area (Å²) in [5.74, 6) is -0.232. The third-order valence-corrected chi connectivity index (χ3v) is 6.13. The van der Waals surface area contributed by atoms with Crippen LogP contribution in [0, 0.1) is 17.2 Å². The molecular formula is C12H12Br2N2O2S. The number of hydrogen-bond donors (Lipinski definition) is 1. The molecule has 0 spiro atoms. The van der Waals surface area contributed by atoms with E-state index >= 15 is 0 Å². The molecular weight excluding hydrogens is 396 g/mol. The number of nitrogens with one attached hydrogen (secondary N) is 1. The van der Waals surface area contributed by atoms with Crippen molar-refractivity contribution in [2.75, 3.05) is 0 Å². The minimum atomic E-state index is -3.60. The SMILES string of the molecule is N#CC1CCCC1NS(=O)(=O)c1ccc(Br)cc1Br. The van der Waals surface area contributed by atoms with Crippen LogP contribution >= 0.6 is 31.9 Å². The summed E-state index contributed by atoms with van der Waals surface area (Å²) in [5, 5.41) is 8.99. The molecule has 0 radical (unpaired) electrons. The fourth-order valence-corrected chi connectivity index (χ4v) is 5.27. The monoisotopic (exact) mass is 406 g/mol. The van der Waals surface area contributed by atoms with Crippen molar-refractivity contribution in [3.05, 3.63) is 27.1 Å². The highest BCUT2D eigenvalue weighted by molar-refractivity contribution is 9.11. The van der Waals surface area contributed by atoms with E-state index in [-0.39, 0.29) is 16.9 Å². The highest BCUT2D eigenvalue weighted by Crippen LogP contribution is 2.29. The van der Waals surface area contributed by atoms with Gasteiger partial charge in [0.2, 0.25) is 10.0 Å². The summed E-state index contributed by atoms with van der Waals surface area (Å²) in [4.78, 5) is 0.194. The van der Waals surface area contributed by atoms with Gasteiger partial charge in [-0.15, -0.1) is 0 Å². The van der Waals surface area contributed by atoms with E-state index in [0.717, 1.165) is 17.3 Å². The van der Waals surface area contributed by atoms with Gasteiger partial charge in [-0.25, -0.2) is 13.1 Å². The fraction of sp³-hybridized carbons (Fsp3) is 0.417. The van der Waals surface area contributed by atoms with Crippen LogP contribution in [-0.2, 0) is 10.0 Å². The van der Waals surface area contributed by atoms with E-state index in [4.69, 9.17) is 5.26 Å². The van der Waals surface area contributed by atoms with Gasteiger partial charge in [-0.05, 0) is 47.0 Å². The predicted octanol–water partition coefficient (Wildman–Crippen LogP) is 3.18. The molecule has 1 aliphatic carbocycles. The third-order valence-electron chi connectivity index (χ3n) is 3.17. The number of halogens is 2. The van der Waals surface area contributed by atoms with Gasteiger partial charge in [0.15, 0.2) is 0 Å². The normalized spacial score (nSPS) is 23.2. The van der Waals surface area contributed by atoms with Gasteiger partial charge in [0, 0.05) is 15.0 Å². The van der Waals surface area contributed by atoms with Gasteiger partial charge >= 0.3 is 0 Å². The highest BCUT2D eigenvalue weighted by atomic mass is 79.9. The quantitative estimate of drug-likeness (QED) is 0.836. The average Bonchev–Trinajstić information content (AvgIpc) is 2.74. The lowest BCUT2D eigenvalue weighted by Crippen LogP contribution is -2.37. The molecule has 7 heteroatoms. The van der Waals surface area contributed by atoms with Crippen LogP contribution in [-0.4, -0.2) is 14.5 Å². The van der Waals surface area contributed by atoms with E-state index in [9.17, 15) is 8.42 Å². The first-order valence-corrected chi connectivity index (χ1v) is 8.88.